The van der Waals surface area contributed by atoms with E-state index in [1.165, 1.54) is 11.1 Å². The standard InChI is InChI=1S/2C9H12O/c2*1-2-3-8-4-6-9(10)7-5-8/h2*4-7,10H,2-3H2,1H3. The van der Waals surface area contributed by atoms with E-state index in [9.17, 15) is 0 Å². The van der Waals surface area contributed by atoms with Crippen LogP contribution in [-0.4, -0.2) is 10.2 Å². The Morgan fingerprint density at radius 1 is 0.600 bits per heavy atom. The molecule has 0 aliphatic rings. The fraction of sp³-hybridized carbons (Fsp3) is 0.333. The van der Waals surface area contributed by atoms with E-state index in [1.54, 1.807) is 24.3 Å². The molecule has 0 bridgehead atoms. The molecule has 0 saturated carbocycles. The first-order valence-corrected chi connectivity index (χ1v) is 7.21. The quantitative estimate of drug-likeness (QED) is 0.847. The monoisotopic (exact) mass is 272 g/mol. The summed E-state index contributed by atoms with van der Waals surface area (Å²) in [5, 5.41) is 17.8. The molecule has 0 aliphatic carbocycles. The van der Waals surface area contributed by atoms with Crippen molar-refractivity contribution in [1.82, 2.24) is 0 Å². The Bertz CT molecular complexity index is 424. The van der Waals surface area contributed by atoms with Gasteiger partial charge in [0.25, 0.3) is 0 Å². The summed E-state index contributed by atoms with van der Waals surface area (Å²) in [6.07, 6.45) is 4.51. The van der Waals surface area contributed by atoms with Crippen LogP contribution in [0.5, 0.6) is 11.5 Å². The number of phenols is 2. The van der Waals surface area contributed by atoms with E-state index in [-0.39, 0.29) is 0 Å². The van der Waals surface area contributed by atoms with E-state index >= 15 is 0 Å². The van der Waals surface area contributed by atoms with Crippen molar-refractivity contribution in [2.75, 3.05) is 0 Å². The first-order chi connectivity index (χ1) is 9.65. The van der Waals surface area contributed by atoms with Crippen LogP contribution in [0.3, 0.4) is 0 Å². The van der Waals surface area contributed by atoms with E-state index in [2.05, 4.69) is 13.8 Å². The second-order valence-electron chi connectivity index (χ2n) is 4.83. The zero-order chi connectivity index (χ0) is 14.8. The van der Waals surface area contributed by atoms with Crippen molar-refractivity contribution < 1.29 is 10.2 Å². The molecule has 2 N–H and O–H groups in total. The number of hydrogen-bond acceptors (Lipinski definition) is 2. The van der Waals surface area contributed by atoms with Gasteiger partial charge in [-0.1, -0.05) is 51.0 Å². The summed E-state index contributed by atoms with van der Waals surface area (Å²) in [6.45, 7) is 4.29. The average molecular weight is 272 g/mol. The lowest BCUT2D eigenvalue weighted by atomic mass is 10.1. The van der Waals surface area contributed by atoms with E-state index in [0.717, 1.165) is 25.7 Å². The maximum atomic E-state index is 8.92. The second kappa shape index (κ2) is 9.03. The molecule has 2 aromatic carbocycles. The molecular weight excluding hydrogens is 248 g/mol. The molecule has 0 saturated heterocycles. The van der Waals surface area contributed by atoms with Crippen LogP contribution in [0, 0.1) is 0 Å². The van der Waals surface area contributed by atoms with Crippen LogP contribution in [0.4, 0.5) is 0 Å². The number of aryl methyl sites for hydroxylation is 2. The molecule has 0 radical (unpaired) electrons. The fourth-order valence-electron chi connectivity index (χ4n) is 1.90. The average Bonchev–Trinajstić information content (AvgIpc) is 2.45. The lowest BCUT2D eigenvalue weighted by Gasteiger charge is -1.96. The summed E-state index contributed by atoms with van der Waals surface area (Å²) in [6, 6.07) is 14.7. The van der Waals surface area contributed by atoms with Crippen LogP contribution in [0.25, 0.3) is 0 Å². The van der Waals surface area contributed by atoms with Gasteiger partial charge in [0.1, 0.15) is 11.5 Å². The van der Waals surface area contributed by atoms with Crippen LogP contribution < -0.4 is 0 Å². The third kappa shape index (κ3) is 6.28. The van der Waals surface area contributed by atoms with Crippen molar-refractivity contribution in [1.29, 1.82) is 0 Å². The summed E-state index contributed by atoms with van der Waals surface area (Å²) in [5.74, 6) is 0.694. The van der Waals surface area contributed by atoms with E-state index < -0.39 is 0 Å². The molecule has 0 fully saturated rings. The Labute approximate surface area is 121 Å². The molecule has 0 spiro atoms. The first-order valence-electron chi connectivity index (χ1n) is 7.21. The molecular formula is C18H24O2. The van der Waals surface area contributed by atoms with E-state index in [0.29, 0.717) is 11.5 Å². The van der Waals surface area contributed by atoms with Crippen LogP contribution in [-0.2, 0) is 12.8 Å². The van der Waals surface area contributed by atoms with Crippen LogP contribution >= 0.6 is 0 Å². The van der Waals surface area contributed by atoms with Gasteiger partial charge in [0.2, 0.25) is 0 Å². The van der Waals surface area contributed by atoms with Gasteiger partial charge in [0.05, 0.1) is 0 Å². The largest absolute Gasteiger partial charge is 0.508 e. The zero-order valence-corrected chi connectivity index (χ0v) is 12.3. The van der Waals surface area contributed by atoms with Gasteiger partial charge in [-0.15, -0.1) is 0 Å². The van der Waals surface area contributed by atoms with Gasteiger partial charge in [-0.25, -0.2) is 0 Å². The molecule has 108 valence electrons. The van der Waals surface area contributed by atoms with E-state index in [1.807, 2.05) is 24.3 Å². The zero-order valence-electron chi connectivity index (χ0n) is 12.3. The van der Waals surface area contributed by atoms with Crippen LogP contribution in [0.1, 0.15) is 37.8 Å². The lowest BCUT2D eigenvalue weighted by Crippen LogP contribution is -1.79. The molecule has 2 heteroatoms. The second-order valence-corrected chi connectivity index (χ2v) is 4.83. The number of benzene rings is 2. The number of phenolic OH excluding ortho intramolecular Hbond substituents is 2. The van der Waals surface area contributed by atoms with Gasteiger partial charge >= 0.3 is 0 Å². The Morgan fingerprint density at radius 2 is 0.900 bits per heavy atom. The first kappa shape index (κ1) is 16.1. The SMILES string of the molecule is CCCc1ccc(O)cc1.CCCc1ccc(O)cc1. The Morgan fingerprint density at radius 3 is 1.15 bits per heavy atom. The minimum atomic E-state index is 0.347. The lowest BCUT2D eigenvalue weighted by molar-refractivity contribution is 0.474. The summed E-state index contributed by atoms with van der Waals surface area (Å²) < 4.78 is 0. The highest BCUT2D eigenvalue weighted by Crippen LogP contribution is 2.11. The minimum absolute atomic E-state index is 0.347. The Balaban J connectivity index is 0.000000200. The number of aromatic hydroxyl groups is 2. The number of hydrogen-bond donors (Lipinski definition) is 2. The molecule has 0 amide bonds. The van der Waals surface area contributed by atoms with Gasteiger partial charge in [-0.3, -0.25) is 0 Å². The highest BCUT2D eigenvalue weighted by molar-refractivity contribution is 5.26. The van der Waals surface area contributed by atoms with Crippen molar-refractivity contribution in [3.8, 4) is 11.5 Å². The van der Waals surface area contributed by atoms with Crippen molar-refractivity contribution in [2.45, 2.75) is 39.5 Å². The van der Waals surface area contributed by atoms with Crippen molar-refractivity contribution in [3.63, 3.8) is 0 Å². The third-order valence-electron chi connectivity index (χ3n) is 2.95. The molecule has 0 aromatic heterocycles. The minimum Gasteiger partial charge on any atom is -0.508 e. The molecule has 20 heavy (non-hydrogen) atoms. The maximum absolute atomic E-state index is 8.92. The van der Waals surface area contributed by atoms with Gasteiger partial charge in [0, 0.05) is 0 Å². The highest BCUT2D eigenvalue weighted by atomic mass is 16.3. The smallest absolute Gasteiger partial charge is 0.115 e. The fourth-order valence-corrected chi connectivity index (χ4v) is 1.90. The normalized spacial score (nSPS) is 9.70. The molecule has 0 aliphatic heterocycles. The summed E-state index contributed by atoms with van der Waals surface area (Å²) in [4.78, 5) is 0. The molecule has 2 rings (SSSR count). The van der Waals surface area contributed by atoms with Gasteiger partial charge in [0.15, 0.2) is 0 Å². The third-order valence-corrected chi connectivity index (χ3v) is 2.95. The topological polar surface area (TPSA) is 40.5 Å². The highest BCUT2D eigenvalue weighted by Gasteiger charge is 1.90. The summed E-state index contributed by atoms with van der Waals surface area (Å²) >= 11 is 0. The maximum Gasteiger partial charge on any atom is 0.115 e. The molecule has 0 unspecified atom stereocenters. The molecule has 0 heterocycles. The Hall–Kier alpha value is -1.96. The summed E-state index contributed by atoms with van der Waals surface area (Å²) in [7, 11) is 0. The predicted molar refractivity (Wildman–Crippen MR) is 84.2 cm³/mol. The van der Waals surface area contributed by atoms with Gasteiger partial charge in [-0.05, 0) is 48.2 Å². The number of rotatable bonds is 4. The van der Waals surface area contributed by atoms with Gasteiger partial charge in [-0.2, -0.15) is 0 Å². The van der Waals surface area contributed by atoms with Crippen LogP contribution in [0.15, 0.2) is 48.5 Å². The van der Waals surface area contributed by atoms with Crippen molar-refractivity contribution >= 4 is 0 Å². The Kier molecular flexibility index (Phi) is 7.26. The van der Waals surface area contributed by atoms with Gasteiger partial charge < -0.3 is 10.2 Å². The van der Waals surface area contributed by atoms with E-state index in [4.69, 9.17) is 10.2 Å². The molecule has 2 nitrogen and oxygen atoms in total. The summed E-state index contributed by atoms with van der Waals surface area (Å²) in [5.41, 5.74) is 2.58. The van der Waals surface area contributed by atoms with Crippen molar-refractivity contribution in [2.24, 2.45) is 0 Å². The van der Waals surface area contributed by atoms with Crippen molar-refractivity contribution in [3.05, 3.63) is 59.7 Å². The molecule has 0 atom stereocenters. The molecule has 2 aromatic rings. The predicted octanol–water partition coefficient (Wildman–Crippen LogP) is 4.69. The van der Waals surface area contributed by atoms with Crippen LogP contribution in [0.2, 0.25) is 0 Å².